The van der Waals surface area contributed by atoms with Crippen molar-refractivity contribution >= 4 is 11.7 Å². The molecule has 0 spiro atoms. The van der Waals surface area contributed by atoms with Crippen LogP contribution in [0, 0.1) is 26.6 Å². The Hall–Kier alpha value is -2.43. The molecule has 1 heterocycles. The summed E-state index contributed by atoms with van der Waals surface area (Å²) in [6.45, 7) is 6.88. The van der Waals surface area contributed by atoms with Crippen molar-refractivity contribution in [3.8, 4) is 0 Å². The monoisotopic (exact) mass is 302 g/mol. The second-order valence-electron chi connectivity index (χ2n) is 5.45. The number of aromatic amines is 1. The second-order valence-corrected chi connectivity index (χ2v) is 5.45. The van der Waals surface area contributed by atoms with Gasteiger partial charge in [-0.05, 0) is 50.5 Å². The molecule has 0 unspecified atom stereocenters. The number of H-pyrrole nitrogens is 1. The maximum atomic E-state index is 13.5. The molecule has 0 aliphatic rings. The molecule has 2 rings (SSSR count). The minimum absolute atomic E-state index is 0.0779. The minimum atomic E-state index is -0.311. The van der Waals surface area contributed by atoms with Gasteiger partial charge in [0.1, 0.15) is 11.5 Å². The molecular weight excluding hydrogens is 283 g/mol. The van der Waals surface area contributed by atoms with Crippen LogP contribution in [0.25, 0.3) is 0 Å². The summed E-state index contributed by atoms with van der Waals surface area (Å²) >= 11 is 0. The molecule has 22 heavy (non-hydrogen) atoms. The Balaban J connectivity index is 2.14. The molecule has 0 fully saturated rings. The first-order chi connectivity index (χ1) is 10.3. The number of ketones is 1. The van der Waals surface area contributed by atoms with Gasteiger partial charge in [-0.25, -0.2) is 4.39 Å². The van der Waals surface area contributed by atoms with Gasteiger partial charge in [-0.2, -0.15) is 0 Å². The summed E-state index contributed by atoms with van der Waals surface area (Å²) < 4.78 is 13.5. The van der Waals surface area contributed by atoms with E-state index >= 15 is 0 Å². The Morgan fingerprint density at radius 3 is 2.45 bits per heavy atom. The standard InChI is InChI=1S/C17H19FN2O2/c1-9-5-6-13(7-14(9)18)8-19-17(22)16-10(2)15(12(4)21)11(3)20-16/h5-7,20H,8H2,1-4H3,(H,19,22). The zero-order valence-electron chi connectivity index (χ0n) is 13.1. The van der Waals surface area contributed by atoms with Gasteiger partial charge in [0.05, 0.1) is 0 Å². The summed E-state index contributed by atoms with van der Waals surface area (Å²) in [5.74, 6) is -0.683. The highest BCUT2D eigenvalue weighted by atomic mass is 19.1. The van der Waals surface area contributed by atoms with Crippen LogP contribution >= 0.6 is 0 Å². The van der Waals surface area contributed by atoms with Gasteiger partial charge < -0.3 is 10.3 Å². The van der Waals surface area contributed by atoms with Crippen molar-refractivity contribution in [1.82, 2.24) is 10.3 Å². The van der Waals surface area contributed by atoms with E-state index in [1.54, 1.807) is 32.9 Å². The fourth-order valence-electron chi connectivity index (χ4n) is 2.52. The summed E-state index contributed by atoms with van der Waals surface area (Å²) in [6.07, 6.45) is 0. The molecule has 0 saturated heterocycles. The van der Waals surface area contributed by atoms with E-state index in [-0.39, 0.29) is 24.1 Å². The zero-order chi connectivity index (χ0) is 16.4. The molecule has 2 N–H and O–H groups in total. The number of hydrogen-bond acceptors (Lipinski definition) is 2. The zero-order valence-corrected chi connectivity index (χ0v) is 13.1. The number of aryl methyl sites for hydroxylation is 2. The quantitative estimate of drug-likeness (QED) is 0.852. The largest absolute Gasteiger partial charge is 0.354 e. The molecule has 4 nitrogen and oxygen atoms in total. The van der Waals surface area contributed by atoms with Crippen molar-refractivity contribution in [1.29, 1.82) is 0 Å². The molecular formula is C17H19FN2O2. The molecule has 116 valence electrons. The van der Waals surface area contributed by atoms with Crippen LogP contribution in [0.4, 0.5) is 4.39 Å². The highest BCUT2D eigenvalue weighted by molar-refractivity contribution is 6.02. The third-order valence-electron chi connectivity index (χ3n) is 3.71. The number of benzene rings is 1. The Bertz CT molecular complexity index is 747. The number of Topliss-reactive ketones (excluding diaryl/α,β-unsaturated/α-hetero) is 1. The lowest BCUT2D eigenvalue weighted by molar-refractivity contribution is 0.0945. The van der Waals surface area contributed by atoms with Crippen molar-refractivity contribution < 1.29 is 14.0 Å². The third kappa shape index (κ3) is 3.08. The summed E-state index contributed by atoms with van der Waals surface area (Å²) in [5.41, 5.74) is 3.48. The molecule has 1 amide bonds. The smallest absolute Gasteiger partial charge is 0.268 e. The predicted octanol–water partition coefficient (Wildman–Crippen LogP) is 3.21. The van der Waals surface area contributed by atoms with Crippen molar-refractivity contribution in [2.45, 2.75) is 34.2 Å². The molecule has 0 atom stereocenters. The molecule has 2 aromatic rings. The SMILES string of the molecule is CC(=O)c1c(C)[nH]c(C(=O)NCc2ccc(C)c(F)c2)c1C. The number of nitrogens with one attached hydrogen (secondary N) is 2. The predicted molar refractivity (Wildman–Crippen MR) is 82.6 cm³/mol. The van der Waals surface area contributed by atoms with Crippen LogP contribution in [0.1, 0.15) is 50.2 Å². The number of hydrogen-bond donors (Lipinski definition) is 2. The van der Waals surface area contributed by atoms with E-state index in [1.165, 1.54) is 13.0 Å². The number of halogens is 1. The Kier molecular flexibility index (Phi) is 4.45. The van der Waals surface area contributed by atoms with E-state index < -0.39 is 0 Å². The molecule has 0 aliphatic carbocycles. The average molecular weight is 302 g/mol. The van der Waals surface area contributed by atoms with Gasteiger partial charge in [-0.3, -0.25) is 9.59 Å². The van der Waals surface area contributed by atoms with Gasteiger partial charge in [-0.1, -0.05) is 12.1 Å². The van der Waals surface area contributed by atoms with Crippen molar-refractivity contribution in [3.05, 3.63) is 57.7 Å². The minimum Gasteiger partial charge on any atom is -0.354 e. The molecule has 0 aliphatic heterocycles. The molecule has 0 saturated carbocycles. The van der Waals surface area contributed by atoms with Gasteiger partial charge in [0, 0.05) is 17.8 Å². The van der Waals surface area contributed by atoms with Crippen molar-refractivity contribution in [2.75, 3.05) is 0 Å². The molecule has 0 bridgehead atoms. The van der Waals surface area contributed by atoms with Crippen molar-refractivity contribution in [2.24, 2.45) is 0 Å². The Labute approximate surface area is 128 Å². The number of aromatic nitrogens is 1. The van der Waals surface area contributed by atoms with E-state index in [1.807, 2.05) is 0 Å². The van der Waals surface area contributed by atoms with E-state index in [2.05, 4.69) is 10.3 Å². The Morgan fingerprint density at radius 2 is 1.91 bits per heavy atom. The second kappa shape index (κ2) is 6.13. The highest BCUT2D eigenvalue weighted by Crippen LogP contribution is 2.18. The summed E-state index contributed by atoms with van der Waals surface area (Å²) in [4.78, 5) is 26.8. The van der Waals surface area contributed by atoms with Crippen molar-refractivity contribution in [3.63, 3.8) is 0 Å². The Morgan fingerprint density at radius 1 is 1.23 bits per heavy atom. The first kappa shape index (κ1) is 15.9. The normalized spacial score (nSPS) is 10.6. The van der Waals surface area contributed by atoms with E-state index in [9.17, 15) is 14.0 Å². The topological polar surface area (TPSA) is 62.0 Å². The van der Waals surface area contributed by atoms with Gasteiger partial charge in [0.2, 0.25) is 0 Å². The fraction of sp³-hybridized carbons (Fsp3) is 0.294. The van der Waals surface area contributed by atoms with E-state index in [4.69, 9.17) is 0 Å². The summed E-state index contributed by atoms with van der Waals surface area (Å²) in [7, 11) is 0. The maximum Gasteiger partial charge on any atom is 0.268 e. The van der Waals surface area contributed by atoms with Gasteiger partial charge in [0.25, 0.3) is 5.91 Å². The van der Waals surface area contributed by atoms with Gasteiger partial charge in [-0.15, -0.1) is 0 Å². The summed E-state index contributed by atoms with van der Waals surface area (Å²) in [5, 5.41) is 2.73. The number of rotatable bonds is 4. The average Bonchev–Trinajstić information content (AvgIpc) is 2.75. The fourth-order valence-corrected chi connectivity index (χ4v) is 2.52. The molecule has 5 heteroatoms. The molecule has 1 aromatic carbocycles. The number of carbonyl (C=O) groups is 2. The van der Waals surface area contributed by atoms with E-state index in [0.29, 0.717) is 33.6 Å². The van der Waals surface area contributed by atoms with Crippen LogP contribution in [0.2, 0.25) is 0 Å². The van der Waals surface area contributed by atoms with Crippen LogP contribution < -0.4 is 5.32 Å². The van der Waals surface area contributed by atoms with Crippen LogP contribution in [0.15, 0.2) is 18.2 Å². The third-order valence-corrected chi connectivity index (χ3v) is 3.71. The maximum absolute atomic E-state index is 13.5. The summed E-state index contributed by atoms with van der Waals surface area (Å²) in [6, 6.07) is 4.85. The number of amides is 1. The first-order valence-electron chi connectivity index (χ1n) is 7.04. The lowest BCUT2D eigenvalue weighted by Crippen LogP contribution is -2.24. The van der Waals surface area contributed by atoms with Gasteiger partial charge >= 0.3 is 0 Å². The van der Waals surface area contributed by atoms with Gasteiger partial charge in [0.15, 0.2) is 5.78 Å². The van der Waals surface area contributed by atoms with Crippen LogP contribution in [-0.4, -0.2) is 16.7 Å². The van der Waals surface area contributed by atoms with Crippen LogP contribution in [0.3, 0.4) is 0 Å². The first-order valence-corrected chi connectivity index (χ1v) is 7.04. The van der Waals surface area contributed by atoms with Crippen LogP contribution in [-0.2, 0) is 6.54 Å². The lowest BCUT2D eigenvalue weighted by atomic mass is 10.1. The highest BCUT2D eigenvalue weighted by Gasteiger charge is 2.19. The lowest BCUT2D eigenvalue weighted by Gasteiger charge is -2.06. The number of carbonyl (C=O) groups excluding carboxylic acids is 2. The molecule has 0 radical (unpaired) electrons. The molecule has 1 aromatic heterocycles. The van der Waals surface area contributed by atoms with Crippen LogP contribution in [0.5, 0.6) is 0 Å². The van der Waals surface area contributed by atoms with E-state index in [0.717, 1.165) is 0 Å².